The van der Waals surface area contributed by atoms with Crippen molar-refractivity contribution in [1.82, 2.24) is 0 Å². The summed E-state index contributed by atoms with van der Waals surface area (Å²) in [4.78, 5) is 12.7. The largest absolute Gasteiger partial charge is 0.481 e. The molecule has 0 atom stereocenters. The zero-order valence-corrected chi connectivity index (χ0v) is 8.58. The van der Waals surface area contributed by atoms with Crippen molar-refractivity contribution in [3.63, 3.8) is 0 Å². The first kappa shape index (κ1) is 10.3. The minimum absolute atomic E-state index is 0.0417. The number of fused-ring (bicyclic) bond motifs is 1. The Morgan fingerprint density at radius 1 is 1.56 bits per heavy atom. The van der Waals surface area contributed by atoms with Gasteiger partial charge in [0.25, 0.3) is 5.91 Å². The highest BCUT2D eigenvalue weighted by Crippen LogP contribution is 2.34. The molecule has 5 heteroatoms. The highest BCUT2D eigenvalue weighted by molar-refractivity contribution is 6.01. The maximum atomic E-state index is 13.2. The number of nitrogens with two attached hydrogens (primary N) is 1. The molecular weight excluding hydrogens is 211 g/mol. The van der Waals surface area contributed by atoms with Crippen LogP contribution in [-0.4, -0.2) is 12.5 Å². The third-order valence-corrected chi connectivity index (χ3v) is 2.14. The van der Waals surface area contributed by atoms with Gasteiger partial charge in [-0.05, 0) is 13.0 Å². The quantitative estimate of drug-likeness (QED) is 0.526. The van der Waals surface area contributed by atoms with E-state index in [2.05, 4.69) is 12.0 Å². The molecule has 1 heterocycles. The number of rotatable bonds is 0. The maximum absolute atomic E-state index is 13.2. The number of carbonyl (C=O) groups is 1. The van der Waals surface area contributed by atoms with Gasteiger partial charge in [-0.15, -0.1) is 0 Å². The number of nitrogens with zero attached hydrogens (tertiary/aromatic N) is 1. The number of benzene rings is 1. The van der Waals surface area contributed by atoms with Gasteiger partial charge in [-0.1, -0.05) is 5.92 Å². The minimum Gasteiger partial charge on any atom is -0.481 e. The summed E-state index contributed by atoms with van der Waals surface area (Å²) in [6.45, 7) is 1.46. The lowest BCUT2D eigenvalue weighted by molar-refractivity contribution is -0.120. The van der Waals surface area contributed by atoms with Gasteiger partial charge in [0, 0.05) is 12.1 Å². The average Bonchev–Trinajstić information content (AvgIpc) is 2.25. The van der Waals surface area contributed by atoms with Crippen molar-refractivity contribution in [3.05, 3.63) is 17.9 Å². The lowest BCUT2D eigenvalue weighted by Crippen LogP contribution is -2.35. The second kappa shape index (κ2) is 3.74. The molecular formula is C11H9FN2O2. The third-order valence-electron chi connectivity index (χ3n) is 2.14. The Labute approximate surface area is 91.8 Å². The Hall–Kier alpha value is -2.22. The average molecular weight is 220 g/mol. The van der Waals surface area contributed by atoms with Crippen LogP contribution in [0.1, 0.15) is 6.92 Å². The van der Waals surface area contributed by atoms with E-state index in [1.54, 1.807) is 6.92 Å². The SMILES string of the molecule is CC#CN1C(=O)COc2cc(F)c(N)cc21. The Morgan fingerprint density at radius 3 is 3.00 bits per heavy atom. The van der Waals surface area contributed by atoms with Crippen molar-refractivity contribution >= 4 is 17.3 Å². The lowest BCUT2D eigenvalue weighted by Gasteiger charge is -2.24. The van der Waals surface area contributed by atoms with Crippen molar-refractivity contribution in [3.8, 4) is 17.7 Å². The maximum Gasteiger partial charge on any atom is 0.276 e. The highest BCUT2D eigenvalue weighted by atomic mass is 19.1. The molecule has 0 bridgehead atoms. The molecule has 2 N–H and O–H groups in total. The summed E-state index contributed by atoms with van der Waals surface area (Å²) in [5, 5.41) is 0. The van der Waals surface area contributed by atoms with Crippen LogP contribution in [0.4, 0.5) is 15.8 Å². The molecule has 1 aliphatic rings. The molecule has 0 unspecified atom stereocenters. The van der Waals surface area contributed by atoms with Crippen molar-refractivity contribution in [2.24, 2.45) is 0 Å². The van der Waals surface area contributed by atoms with Crippen LogP contribution in [0.5, 0.6) is 5.75 Å². The first-order valence-electron chi connectivity index (χ1n) is 4.60. The van der Waals surface area contributed by atoms with Crippen LogP contribution >= 0.6 is 0 Å². The summed E-state index contributed by atoms with van der Waals surface area (Å²) in [6.07, 6.45) is 0. The van der Waals surface area contributed by atoms with E-state index in [4.69, 9.17) is 10.5 Å². The molecule has 0 aliphatic carbocycles. The van der Waals surface area contributed by atoms with E-state index in [9.17, 15) is 9.18 Å². The first-order chi connectivity index (χ1) is 7.63. The van der Waals surface area contributed by atoms with E-state index >= 15 is 0 Å². The van der Waals surface area contributed by atoms with Crippen molar-refractivity contribution in [1.29, 1.82) is 0 Å². The van der Waals surface area contributed by atoms with Crippen LogP contribution in [0.15, 0.2) is 12.1 Å². The molecule has 1 aliphatic heterocycles. The zero-order chi connectivity index (χ0) is 11.7. The van der Waals surface area contributed by atoms with Gasteiger partial charge in [0.2, 0.25) is 0 Å². The van der Waals surface area contributed by atoms with E-state index in [-0.39, 0.29) is 24.0 Å². The topological polar surface area (TPSA) is 55.6 Å². The van der Waals surface area contributed by atoms with Crippen LogP contribution in [0.2, 0.25) is 0 Å². The molecule has 16 heavy (non-hydrogen) atoms. The number of carbonyl (C=O) groups excluding carboxylic acids is 1. The Kier molecular flexibility index (Phi) is 2.41. The van der Waals surface area contributed by atoms with Gasteiger partial charge < -0.3 is 10.5 Å². The summed E-state index contributed by atoms with van der Waals surface area (Å²) in [5.41, 5.74) is 5.77. The fourth-order valence-electron chi connectivity index (χ4n) is 1.42. The number of hydrogen-bond donors (Lipinski definition) is 1. The van der Waals surface area contributed by atoms with Crippen LogP contribution in [0.3, 0.4) is 0 Å². The van der Waals surface area contributed by atoms with E-state index in [0.29, 0.717) is 5.69 Å². The van der Waals surface area contributed by atoms with Crippen molar-refractivity contribution < 1.29 is 13.9 Å². The summed E-state index contributed by atoms with van der Waals surface area (Å²) in [7, 11) is 0. The van der Waals surface area contributed by atoms with Gasteiger partial charge in [-0.3, -0.25) is 4.79 Å². The van der Waals surface area contributed by atoms with Gasteiger partial charge in [-0.25, -0.2) is 9.29 Å². The molecule has 2 rings (SSSR count). The second-order valence-corrected chi connectivity index (χ2v) is 3.22. The molecule has 0 saturated heterocycles. The molecule has 0 spiro atoms. The van der Waals surface area contributed by atoms with E-state index in [1.807, 2.05) is 0 Å². The number of hydrogen-bond acceptors (Lipinski definition) is 3. The molecule has 0 aromatic heterocycles. The van der Waals surface area contributed by atoms with Crippen LogP contribution in [0, 0.1) is 17.8 Å². The molecule has 1 aromatic carbocycles. The van der Waals surface area contributed by atoms with Crippen LogP contribution in [0.25, 0.3) is 0 Å². The van der Waals surface area contributed by atoms with Gasteiger partial charge >= 0.3 is 0 Å². The number of ether oxygens (including phenoxy) is 1. The van der Waals surface area contributed by atoms with E-state index < -0.39 is 5.82 Å². The van der Waals surface area contributed by atoms with E-state index in [0.717, 1.165) is 6.07 Å². The van der Waals surface area contributed by atoms with E-state index in [1.165, 1.54) is 11.0 Å². The summed E-state index contributed by atoms with van der Waals surface area (Å²) >= 11 is 0. The monoisotopic (exact) mass is 220 g/mol. The standard InChI is InChI=1S/C11H9FN2O2/c1-2-3-14-9-5-8(13)7(12)4-10(9)16-6-11(14)15/h4-5H,6,13H2,1H3. The molecule has 82 valence electrons. The fourth-order valence-corrected chi connectivity index (χ4v) is 1.42. The number of anilines is 2. The number of amides is 1. The number of halogens is 1. The molecule has 0 fully saturated rings. The lowest BCUT2D eigenvalue weighted by atomic mass is 10.2. The normalized spacial score (nSPS) is 13.6. The van der Waals surface area contributed by atoms with Gasteiger partial charge in [-0.2, -0.15) is 0 Å². The smallest absolute Gasteiger partial charge is 0.276 e. The second-order valence-electron chi connectivity index (χ2n) is 3.22. The Bertz CT molecular complexity index is 517. The first-order valence-corrected chi connectivity index (χ1v) is 4.60. The van der Waals surface area contributed by atoms with Gasteiger partial charge in [0.05, 0.1) is 5.69 Å². The van der Waals surface area contributed by atoms with Crippen molar-refractivity contribution in [2.45, 2.75) is 6.92 Å². The fraction of sp³-hybridized carbons (Fsp3) is 0.182. The summed E-state index contributed by atoms with van der Waals surface area (Å²) < 4.78 is 18.3. The zero-order valence-electron chi connectivity index (χ0n) is 8.58. The van der Waals surface area contributed by atoms with Gasteiger partial charge in [0.15, 0.2) is 6.61 Å². The molecule has 0 saturated carbocycles. The molecule has 0 radical (unpaired) electrons. The molecule has 1 amide bonds. The summed E-state index contributed by atoms with van der Waals surface area (Å²) in [6, 6.07) is 5.11. The molecule has 4 nitrogen and oxygen atoms in total. The minimum atomic E-state index is -0.572. The predicted octanol–water partition coefficient (Wildman–Crippen LogP) is 1.11. The molecule has 1 aromatic rings. The van der Waals surface area contributed by atoms with Crippen molar-refractivity contribution in [2.75, 3.05) is 17.2 Å². The highest BCUT2D eigenvalue weighted by Gasteiger charge is 2.25. The Balaban J connectivity index is 2.57. The third kappa shape index (κ3) is 1.54. The van der Waals surface area contributed by atoms with Gasteiger partial charge in [0.1, 0.15) is 17.3 Å². The Morgan fingerprint density at radius 2 is 2.31 bits per heavy atom. The number of nitrogen functional groups attached to an aromatic ring is 1. The summed E-state index contributed by atoms with van der Waals surface area (Å²) in [5.74, 6) is 2.01. The van der Waals surface area contributed by atoms with Crippen LogP contribution < -0.4 is 15.4 Å². The predicted molar refractivity (Wildman–Crippen MR) is 57.2 cm³/mol. The van der Waals surface area contributed by atoms with Crippen LogP contribution in [-0.2, 0) is 4.79 Å².